The van der Waals surface area contributed by atoms with Crippen LogP contribution in [0.25, 0.3) is 0 Å². The Balaban J connectivity index is 1.85. The normalized spacial score (nSPS) is 10.2. The Labute approximate surface area is 124 Å². The van der Waals surface area contributed by atoms with Gasteiger partial charge >= 0.3 is 0 Å². The lowest BCUT2D eigenvalue weighted by Crippen LogP contribution is -2.04. The van der Waals surface area contributed by atoms with E-state index in [2.05, 4.69) is 10.3 Å². The average Bonchev–Trinajstić information content (AvgIpc) is 2.54. The zero-order valence-electron chi connectivity index (χ0n) is 12.3. The van der Waals surface area contributed by atoms with Crippen LogP contribution in [0.15, 0.2) is 42.5 Å². The summed E-state index contributed by atoms with van der Waals surface area (Å²) in [6, 6.07) is 13.5. The number of hydrogen-bond donors (Lipinski definition) is 1. The molecular weight excluding hydrogens is 268 g/mol. The number of ether oxygens (including phenoxy) is 3. The van der Waals surface area contributed by atoms with Crippen molar-refractivity contribution in [3.05, 3.63) is 48.2 Å². The lowest BCUT2D eigenvalue weighted by atomic mass is 10.3. The molecule has 0 saturated carbocycles. The summed E-state index contributed by atoms with van der Waals surface area (Å²) < 4.78 is 15.6. The maximum atomic E-state index is 5.51. The number of rotatable bonds is 8. The van der Waals surface area contributed by atoms with Crippen LogP contribution in [0.1, 0.15) is 5.69 Å². The second-order valence-corrected chi connectivity index (χ2v) is 4.39. The summed E-state index contributed by atoms with van der Waals surface area (Å²) in [6.07, 6.45) is 0. The molecule has 0 saturated heterocycles. The number of nitrogens with one attached hydrogen (secondary N) is 1. The van der Waals surface area contributed by atoms with Crippen LogP contribution in [0, 0.1) is 0 Å². The van der Waals surface area contributed by atoms with E-state index < -0.39 is 0 Å². The van der Waals surface area contributed by atoms with Crippen LogP contribution in [0.5, 0.6) is 11.6 Å². The van der Waals surface area contributed by atoms with Gasteiger partial charge in [0, 0.05) is 18.9 Å². The highest BCUT2D eigenvalue weighted by molar-refractivity contribution is 5.46. The van der Waals surface area contributed by atoms with E-state index >= 15 is 0 Å². The van der Waals surface area contributed by atoms with Gasteiger partial charge in [-0.05, 0) is 30.3 Å². The van der Waals surface area contributed by atoms with Gasteiger partial charge in [-0.3, -0.25) is 0 Å². The van der Waals surface area contributed by atoms with Crippen molar-refractivity contribution in [3.8, 4) is 11.6 Å². The number of aromatic nitrogens is 1. The number of pyridine rings is 1. The van der Waals surface area contributed by atoms with Crippen molar-refractivity contribution in [3.63, 3.8) is 0 Å². The molecule has 5 nitrogen and oxygen atoms in total. The topological polar surface area (TPSA) is 52.6 Å². The van der Waals surface area contributed by atoms with Crippen LogP contribution in [-0.2, 0) is 11.3 Å². The number of anilines is 1. The maximum absolute atomic E-state index is 5.51. The van der Waals surface area contributed by atoms with Crippen molar-refractivity contribution < 1.29 is 14.2 Å². The quantitative estimate of drug-likeness (QED) is 0.757. The maximum Gasteiger partial charge on any atom is 0.213 e. The molecule has 0 bridgehead atoms. The van der Waals surface area contributed by atoms with E-state index in [1.54, 1.807) is 14.2 Å². The smallest absolute Gasteiger partial charge is 0.213 e. The standard InChI is InChI=1S/C16H20N2O3/c1-19-10-11-21-15-8-6-13(7-9-15)17-12-14-4-3-5-16(18-14)20-2/h3-9,17H,10-12H2,1-2H3. The Bertz CT molecular complexity index is 543. The predicted octanol–water partition coefficient (Wildman–Crippen LogP) is 2.73. The van der Waals surface area contributed by atoms with Gasteiger partial charge in [-0.15, -0.1) is 0 Å². The number of nitrogens with zero attached hydrogens (tertiary/aromatic N) is 1. The van der Waals surface area contributed by atoms with Crippen LogP contribution in [0.3, 0.4) is 0 Å². The van der Waals surface area contributed by atoms with Crippen molar-refractivity contribution in [2.24, 2.45) is 0 Å². The summed E-state index contributed by atoms with van der Waals surface area (Å²) in [6.45, 7) is 1.78. The largest absolute Gasteiger partial charge is 0.491 e. The second kappa shape index (κ2) is 8.11. The first-order valence-corrected chi connectivity index (χ1v) is 6.77. The summed E-state index contributed by atoms with van der Waals surface area (Å²) in [5, 5.41) is 3.31. The molecule has 0 atom stereocenters. The fourth-order valence-electron chi connectivity index (χ4n) is 1.77. The van der Waals surface area contributed by atoms with Crippen molar-refractivity contribution in [2.45, 2.75) is 6.54 Å². The molecule has 0 aliphatic carbocycles. The number of hydrogen-bond acceptors (Lipinski definition) is 5. The molecular formula is C16H20N2O3. The molecule has 0 spiro atoms. The molecule has 1 N–H and O–H groups in total. The minimum Gasteiger partial charge on any atom is -0.491 e. The van der Waals surface area contributed by atoms with Crippen LogP contribution < -0.4 is 14.8 Å². The van der Waals surface area contributed by atoms with Gasteiger partial charge in [0.2, 0.25) is 5.88 Å². The van der Waals surface area contributed by atoms with Gasteiger partial charge in [-0.2, -0.15) is 0 Å². The van der Waals surface area contributed by atoms with E-state index in [1.807, 2.05) is 42.5 Å². The fraction of sp³-hybridized carbons (Fsp3) is 0.312. The van der Waals surface area contributed by atoms with Crippen molar-refractivity contribution in [1.29, 1.82) is 0 Å². The third-order valence-corrected chi connectivity index (χ3v) is 2.87. The molecule has 0 unspecified atom stereocenters. The highest BCUT2D eigenvalue weighted by atomic mass is 16.5. The van der Waals surface area contributed by atoms with Crippen molar-refractivity contribution in [2.75, 3.05) is 32.8 Å². The first kappa shape index (κ1) is 15.1. The predicted molar refractivity (Wildman–Crippen MR) is 81.9 cm³/mol. The Morgan fingerprint density at radius 3 is 2.52 bits per heavy atom. The van der Waals surface area contributed by atoms with Crippen molar-refractivity contribution in [1.82, 2.24) is 4.98 Å². The Kier molecular flexibility index (Phi) is 5.84. The molecule has 2 rings (SSSR count). The molecule has 0 fully saturated rings. The highest BCUT2D eigenvalue weighted by Crippen LogP contribution is 2.16. The molecule has 0 aliphatic rings. The van der Waals surface area contributed by atoms with Crippen molar-refractivity contribution >= 4 is 5.69 Å². The third-order valence-electron chi connectivity index (χ3n) is 2.87. The van der Waals surface area contributed by atoms with Gasteiger partial charge in [-0.1, -0.05) is 6.07 Å². The van der Waals surface area contributed by atoms with E-state index in [0.717, 1.165) is 17.1 Å². The van der Waals surface area contributed by atoms with E-state index in [4.69, 9.17) is 14.2 Å². The first-order valence-electron chi connectivity index (χ1n) is 6.77. The van der Waals surface area contributed by atoms with Gasteiger partial charge in [0.05, 0.1) is 26.0 Å². The molecule has 0 aliphatic heterocycles. The molecule has 0 radical (unpaired) electrons. The second-order valence-electron chi connectivity index (χ2n) is 4.39. The van der Waals surface area contributed by atoms with Gasteiger partial charge in [-0.25, -0.2) is 4.98 Å². The third kappa shape index (κ3) is 4.96. The molecule has 0 amide bonds. The summed E-state index contributed by atoms with van der Waals surface area (Å²) in [4.78, 5) is 4.35. The molecule has 1 heterocycles. The summed E-state index contributed by atoms with van der Waals surface area (Å²) in [5.74, 6) is 1.45. The Hall–Kier alpha value is -2.27. The zero-order valence-corrected chi connectivity index (χ0v) is 12.3. The van der Waals surface area contributed by atoms with E-state index in [0.29, 0.717) is 25.6 Å². The fourth-order valence-corrected chi connectivity index (χ4v) is 1.77. The van der Waals surface area contributed by atoms with E-state index in [9.17, 15) is 0 Å². The lowest BCUT2D eigenvalue weighted by molar-refractivity contribution is 0.146. The highest BCUT2D eigenvalue weighted by Gasteiger charge is 1.99. The van der Waals surface area contributed by atoms with E-state index in [1.165, 1.54) is 0 Å². The molecule has 1 aromatic heterocycles. The molecule has 21 heavy (non-hydrogen) atoms. The Morgan fingerprint density at radius 2 is 1.81 bits per heavy atom. The van der Waals surface area contributed by atoms with Gasteiger partial charge in [0.25, 0.3) is 0 Å². The van der Waals surface area contributed by atoms with Gasteiger partial charge < -0.3 is 19.5 Å². The first-order chi connectivity index (χ1) is 10.3. The van der Waals surface area contributed by atoms with Crippen LogP contribution in [0.4, 0.5) is 5.69 Å². The van der Waals surface area contributed by atoms with Crippen LogP contribution in [-0.4, -0.2) is 32.4 Å². The SMILES string of the molecule is COCCOc1ccc(NCc2cccc(OC)n2)cc1. The Morgan fingerprint density at radius 1 is 1.00 bits per heavy atom. The van der Waals surface area contributed by atoms with E-state index in [-0.39, 0.29) is 0 Å². The number of methoxy groups -OCH3 is 2. The van der Waals surface area contributed by atoms with Crippen LogP contribution >= 0.6 is 0 Å². The monoisotopic (exact) mass is 288 g/mol. The lowest BCUT2D eigenvalue weighted by Gasteiger charge is -2.09. The average molecular weight is 288 g/mol. The molecule has 5 heteroatoms. The molecule has 2 aromatic rings. The summed E-state index contributed by atoms with van der Waals surface area (Å²) in [7, 11) is 3.27. The van der Waals surface area contributed by atoms with Gasteiger partial charge in [0.1, 0.15) is 12.4 Å². The summed E-state index contributed by atoms with van der Waals surface area (Å²) in [5.41, 5.74) is 1.94. The van der Waals surface area contributed by atoms with Crippen LogP contribution in [0.2, 0.25) is 0 Å². The molecule has 1 aromatic carbocycles. The minimum absolute atomic E-state index is 0.553. The minimum atomic E-state index is 0.553. The zero-order chi connectivity index (χ0) is 14.9. The molecule has 112 valence electrons. The van der Waals surface area contributed by atoms with Gasteiger partial charge in [0.15, 0.2) is 0 Å². The summed E-state index contributed by atoms with van der Waals surface area (Å²) >= 11 is 0. The number of benzene rings is 1.